The smallest absolute Gasteiger partial charge is 0.0133 e. The minimum absolute atomic E-state index is 0.583. The Labute approximate surface area is 121 Å². The molecular weight excluding hydrogens is 240 g/mol. The predicted molar refractivity (Wildman–Crippen MR) is 84.8 cm³/mol. The second-order valence-electron chi connectivity index (χ2n) is 6.26. The molecule has 2 aromatic carbocycles. The molecule has 0 aliphatic heterocycles. The Morgan fingerprint density at radius 3 is 2.05 bits per heavy atom. The lowest BCUT2D eigenvalue weighted by molar-refractivity contribution is 0.383. The average Bonchev–Trinajstić information content (AvgIpc) is 2.82. The SMILES string of the molecule is C=C1CCCC(C2c3ccccc3-c3ccccc32)C1. The molecule has 2 aliphatic carbocycles. The molecule has 0 amide bonds. The highest BCUT2D eigenvalue weighted by Crippen LogP contribution is 2.51. The monoisotopic (exact) mass is 260 g/mol. The second-order valence-corrected chi connectivity index (χ2v) is 6.26. The summed E-state index contributed by atoms with van der Waals surface area (Å²) in [4.78, 5) is 0. The van der Waals surface area contributed by atoms with Crippen molar-refractivity contribution in [3.63, 3.8) is 0 Å². The standard InChI is InChI=1S/C20H20/c1-14-7-6-8-15(13-14)20-18-11-4-2-9-16(18)17-10-3-5-12-19(17)20/h2-5,9-12,15,20H,1,6-8,13H2. The number of rotatable bonds is 1. The van der Waals surface area contributed by atoms with Crippen molar-refractivity contribution >= 4 is 0 Å². The zero-order valence-corrected chi connectivity index (χ0v) is 11.8. The summed E-state index contributed by atoms with van der Waals surface area (Å²) in [6.07, 6.45) is 5.08. The average molecular weight is 260 g/mol. The molecule has 2 aromatic rings. The van der Waals surface area contributed by atoms with Crippen molar-refractivity contribution < 1.29 is 0 Å². The van der Waals surface area contributed by atoms with E-state index in [4.69, 9.17) is 0 Å². The molecule has 0 bridgehead atoms. The highest BCUT2D eigenvalue weighted by Gasteiger charge is 2.34. The Morgan fingerprint density at radius 2 is 1.45 bits per heavy atom. The van der Waals surface area contributed by atoms with Gasteiger partial charge in [0.2, 0.25) is 0 Å². The topological polar surface area (TPSA) is 0 Å². The van der Waals surface area contributed by atoms with E-state index in [2.05, 4.69) is 55.1 Å². The normalized spacial score (nSPS) is 21.6. The Bertz CT molecular complexity index is 620. The molecule has 0 N–H and O–H groups in total. The number of allylic oxidation sites excluding steroid dienone is 1. The molecule has 100 valence electrons. The highest BCUT2D eigenvalue weighted by molar-refractivity contribution is 5.78. The van der Waals surface area contributed by atoms with Gasteiger partial charge in [-0.15, -0.1) is 0 Å². The van der Waals surface area contributed by atoms with Crippen LogP contribution in [0.5, 0.6) is 0 Å². The van der Waals surface area contributed by atoms with Crippen LogP contribution in [0.1, 0.15) is 42.7 Å². The molecular formula is C20H20. The molecule has 20 heavy (non-hydrogen) atoms. The van der Waals surface area contributed by atoms with E-state index in [0.29, 0.717) is 5.92 Å². The minimum atomic E-state index is 0.583. The highest BCUT2D eigenvalue weighted by atomic mass is 14.4. The third-order valence-electron chi connectivity index (χ3n) is 5.01. The molecule has 2 aliphatic rings. The molecule has 0 aromatic heterocycles. The van der Waals surface area contributed by atoms with Crippen molar-refractivity contribution in [2.24, 2.45) is 5.92 Å². The lowest BCUT2D eigenvalue weighted by atomic mass is 9.74. The number of hydrogen-bond acceptors (Lipinski definition) is 0. The van der Waals surface area contributed by atoms with Crippen molar-refractivity contribution in [1.29, 1.82) is 0 Å². The van der Waals surface area contributed by atoms with Crippen molar-refractivity contribution in [2.45, 2.75) is 31.6 Å². The van der Waals surface area contributed by atoms with Gasteiger partial charge in [0.15, 0.2) is 0 Å². The van der Waals surface area contributed by atoms with Crippen LogP contribution in [0.3, 0.4) is 0 Å². The molecule has 0 heteroatoms. The Kier molecular flexibility index (Phi) is 2.77. The van der Waals surface area contributed by atoms with Crippen LogP contribution in [0.2, 0.25) is 0 Å². The summed E-state index contributed by atoms with van der Waals surface area (Å²) in [5.41, 5.74) is 7.42. The van der Waals surface area contributed by atoms with E-state index in [1.807, 2.05) is 0 Å². The third-order valence-corrected chi connectivity index (χ3v) is 5.01. The van der Waals surface area contributed by atoms with E-state index in [9.17, 15) is 0 Å². The van der Waals surface area contributed by atoms with Gasteiger partial charge in [0.25, 0.3) is 0 Å². The largest absolute Gasteiger partial charge is 0.0999 e. The summed E-state index contributed by atoms with van der Waals surface area (Å²) in [6, 6.07) is 17.9. The quantitative estimate of drug-likeness (QED) is 0.590. The number of benzene rings is 2. The van der Waals surface area contributed by atoms with Crippen LogP contribution in [0.15, 0.2) is 60.7 Å². The van der Waals surface area contributed by atoms with Crippen LogP contribution in [-0.4, -0.2) is 0 Å². The summed E-state index contributed by atoms with van der Waals surface area (Å²) in [5.74, 6) is 1.32. The van der Waals surface area contributed by atoms with Gasteiger partial charge in [0.1, 0.15) is 0 Å². The van der Waals surface area contributed by atoms with Crippen LogP contribution in [0.25, 0.3) is 11.1 Å². The van der Waals surface area contributed by atoms with E-state index in [0.717, 1.165) is 5.92 Å². The Morgan fingerprint density at radius 1 is 0.850 bits per heavy atom. The van der Waals surface area contributed by atoms with Crippen LogP contribution in [0.4, 0.5) is 0 Å². The summed E-state index contributed by atoms with van der Waals surface area (Å²) >= 11 is 0. The Hall–Kier alpha value is -1.82. The van der Waals surface area contributed by atoms with Crippen molar-refractivity contribution in [3.05, 3.63) is 71.8 Å². The molecule has 0 radical (unpaired) electrons. The molecule has 0 heterocycles. The summed E-state index contributed by atoms with van der Waals surface area (Å²) in [5, 5.41) is 0. The first-order valence-corrected chi connectivity index (χ1v) is 7.69. The molecule has 0 nitrogen and oxygen atoms in total. The van der Waals surface area contributed by atoms with Crippen LogP contribution in [0, 0.1) is 5.92 Å². The predicted octanol–water partition coefficient (Wildman–Crippen LogP) is 5.55. The molecule has 0 saturated heterocycles. The molecule has 0 spiro atoms. The maximum atomic E-state index is 4.25. The van der Waals surface area contributed by atoms with Gasteiger partial charge in [-0.05, 0) is 53.9 Å². The molecule has 1 fully saturated rings. The van der Waals surface area contributed by atoms with Gasteiger partial charge < -0.3 is 0 Å². The summed E-state index contributed by atoms with van der Waals surface area (Å²) < 4.78 is 0. The first-order chi connectivity index (χ1) is 9.84. The summed E-state index contributed by atoms with van der Waals surface area (Å²) in [7, 11) is 0. The van der Waals surface area contributed by atoms with Crippen molar-refractivity contribution in [3.8, 4) is 11.1 Å². The minimum Gasteiger partial charge on any atom is -0.0999 e. The van der Waals surface area contributed by atoms with Crippen molar-refractivity contribution in [1.82, 2.24) is 0 Å². The van der Waals surface area contributed by atoms with Gasteiger partial charge >= 0.3 is 0 Å². The fourth-order valence-corrected chi connectivity index (χ4v) is 4.18. The first kappa shape index (κ1) is 12.0. The van der Waals surface area contributed by atoms with Crippen molar-refractivity contribution in [2.75, 3.05) is 0 Å². The molecule has 4 rings (SSSR count). The second kappa shape index (κ2) is 4.63. The third kappa shape index (κ3) is 1.75. The fraction of sp³-hybridized carbons (Fsp3) is 0.300. The molecule has 1 atom stereocenters. The van der Waals surface area contributed by atoms with Crippen LogP contribution in [-0.2, 0) is 0 Å². The maximum absolute atomic E-state index is 4.25. The van der Waals surface area contributed by atoms with Gasteiger partial charge in [-0.1, -0.05) is 60.7 Å². The Balaban J connectivity index is 1.85. The zero-order chi connectivity index (χ0) is 13.5. The number of fused-ring (bicyclic) bond motifs is 3. The maximum Gasteiger partial charge on any atom is 0.0133 e. The van der Waals surface area contributed by atoms with E-state index in [1.165, 1.54) is 53.5 Å². The van der Waals surface area contributed by atoms with Gasteiger partial charge in [-0.3, -0.25) is 0 Å². The van der Waals surface area contributed by atoms with Gasteiger partial charge in [0.05, 0.1) is 0 Å². The molecule has 1 saturated carbocycles. The van der Waals surface area contributed by atoms with E-state index in [1.54, 1.807) is 0 Å². The van der Waals surface area contributed by atoms with Crippen LogP contribution < -0.4 is 0 Å². The fourth-order valence-electron chi connectivity index (χ4n) is 4.18. The lowest BCUT2D eigenvalue weighted by Gasteiger charge is -2.30. The zero-order valence-electron chi connectivity index (χ0n) is 11.8. The summed E-state index contributed by atoms with van der Waals surface area (Å²) in [6.45, 7) is 4.25. The lowest BCUT2D eigenvalue weighted by Crippen LogP contribution is -2.16. The van der Waals surface area contributed by atoms with Gasteiger partial charge in [-0.2, -0.15) is 0 Å². The van der Waals surface area contributed by atoms with Gasteiger partial charge in [-0.25, -0.2) is 0 Å². The van der Waals surface area contributed by atoms with Crippen LogP contribution >= 0.6 is 0 Å². The number of hydrogen-bond donors (Lipinski definition) is 0. The molecule has 1 unspecified atom stereocenters. The van der Waals surface area contributed by atoms with Gasteiger partial charge in [0, 0.05) is 5.92 Å². The van der Waals surface area contributed by atoms with E-state index < -0.39 is 0 Å². The first-order valence-electron chi connectivity index (χ1n) is 7.69. The van der Waals surface area contributed by atoms with E-state index in [-0.39, 0.29) is 0 Å². The van der Waals surface area contributed by atoms with E-state index >= 15 is 0 Å².